The zero-order chi connectivity index (χ0) is 9.31. The number of halogens is 1. The first-order chi connectivity index (χ1) is 6.20. The van der Waals surface area contributed by atoms with Gasteiger partial charge in [0.15, 0.2) is 0 Å². The van der Waals surface area contributed by atoms with Crippen LogP contribution in [-0.4, -0.2) is 12.0 Å². The molecule has 0 aromatic rings. The molecule has 0 heterocycles. The van der Waals surface area contributed by atoms with Gasteiger partial charge < -0.3 is 4.74 Å². The van der Waals surface area contributed by atoms with Gasteiger partial charge >= 0.3 is 5.43 Å². The van der Waals surface area contributed by atoms with E-state index in [0.29, 0.717) is 6.61 Å². The van der Waals surface area contributed by atoms with E-state index in [2.05, 4.69) is 0 Å². The van der Waals surface area contributed by atoms with E-state index in [-0.39, 0.29) is 0 Å². The van der Waals surface area contributed by atoms with Gasteiger partial charge in [0.25, 0.3) is 0 Å². The van der Waals surface area contributed by atoms with E-state index >= 15 is 0 Å². The van der Waals surface area contributed by atoms with Crippen molar-refractivity contribution >= 4 is 17.0 Å². The van der Waals surface area contributed by atoms with E-state index in [1.807, 2.05) is 0 Å². The van der Waals surface area contributed by atoms with Gasteiger partial charge in [-0.3, -0.25) is 0 Å². The molecule has 3 heteroatoms. The van der Waals surface area contributed by atoms with Crippen molar-refractivity contribution < 1.29 is 9.53 Å². The summed E-state index contributed by atoms with van der Waals surface area (Å²) >= 11 is 5.06. The van der Waals surface area contributed by atoms with Gasteiger partial charge in [-0.05, 0) is 43.4 Å². The fourth-order valence-corrected chi connectivity index (χ4v) is 2.84. The molecular formula is C10H15ClO2. The third-order valence-corrected chi connectivity index (χ3v) is 3.71. The van der Waals surface area contributed by atoms with E-state index in [1.165, 1.54) is 32.1 Å². The molecule has 0 aromatic heterocycles. The summed E-state index contributed by atoms with van der Waals surface area (Å²) in [5, 5.41) is 0. The summed E-state index contributed by atoms with van der Waals surface area (Å²) < 4.78 is 4.69. The SMILES string of the molecule is O=C(Cl)OCCC1CC2(CCC2)C1. The Labute approximate surface area is 83.6 Å². The van der Waals surface area contributed by atoms with E-state index in [0.717, 1.165) is 17.8 Å². The van der Waals surface area contributed by atoms with Crippen LogP contribution < -0.4 is 0 Å². The van der Waals surface area contributed by atoms with Crippen LogP contribution in [0.4, 0.5) is 4.79 Å². The monoisotopic (exact) mass is 202 g/mol. The van der Waals surface area contributed by atoms with Crippen molar-refractivity contribution in [3.05, 3.63) is 0 Å². The Kier molecular flexibility index (Phi) is 2.50. The minimum Gasteiger partial charge on any atom is -0.454 e. The quantitative estimate of drug-likeness (QED) is 0.657. The highest BCUT2D eigenvalue weighted by molar-refractivity contribution is 6.61. The fraction of sp³-hybridized carbons (Fsp3) is 0.900. The maximum atomic E-state index is 10.3. The average molecular weight is 203 g/mol. The molecular weight excluding hydrogens is 188 g/mol. The molecule has 2 aliphatic carbocycles. The van der Waals surface area contributed by atoms with Crippen LogP contribution in [0.1, 0.15) is 38.5 Å². The van der Waals surface area contributed by atoms with Crippen molar-refractivity contribution in [2.45, 2.75) is 38.5 Å². The van der Waals surface area contributed by atoms with Crippen molar-refractivity contribution in [1.29, 1.82) is 0 Å². The van der Waals surface area contributed by atoms with E-state index in [1.54, 1.807) is 0 Å². The minimum absolute atomic E-state index is 0.503. The van der Waals surface area contributed by atoms with Crippen molar-refractivity contribution in [3.8, 4) is 0 Å². The normalized spacial score (nSPS) is 25.0. The third kappa shape index (κ3) is 1.98. The Morgan fingerprint density at radius 1 is 1.46 bits per heavy atom. The third-order valence-electron chi connectivity index (χ3n) is 3.60. The summed E-state index contributed by atoms with van der Waals surface area (Å²) in [6.45, 7) is 0.503. The summed E-state index contributed by atoms with van der Waals surface area (Å²) in [5.74, 6) is 0.788. The zero-order valence-corrected chi connectivity index (χ0v) is 8.48. The molecule has 0 amide bonds. The molecule has 0 atom stereocenters. The van der Waals surface area contributed by atoms with Gasteiger partial charge in [-0.2, -0.15) is 0 Å². The highest BCUT2D eigenvalue weighted by Crippen LogP contribution is 2.59. The molecule has 2 rings (SSSR count). The van der Waals surface area contributed by atoms with Crippen LogP contribution in [0.2, 0.25) is 0 Å². The number of rotatable bonds is 3. The standard InChI is InChI=1S/C10H15ClO2/c11-9(12)13-5-2-8-6-10(7-8)3-1-4-10/h8H,1-7H2. The van der Waals surface area contributed by atoms with Crippen LogP contribution >= 0.6 is 11.6 Å². The number of hydrogen-bond donors (Lipinski definition) is 0. The lowest BCUT2D eigenvalue weighted by atomic mass is 9.51. The second kappa shape index (κ2) is 3.49. The topological polar surface area (TPSA) is 26.3 Å². The minimum atomic E-state index is -0.669. The lowest BCUT2D eigenvalue weighted by Crippen LogP contribution is -2.42. The Morgan fingerprint density at radius 3 is 2.62 bits per heavy atom. The van der Waals surface area contributed by atoms with Crippen LogP contribution in [0.25, 0.3) is 0 Å². The van der Waals surface area contributed by atoms with Crippen LogP contribution in [-0.2, 0) is 4.74 Å². The Bertz CT molecular complexity index is 203. The van der Waals surface area contributed by atoms with E-state index < -0.39 is 5.43 Å². The molecule has 2 nitrogen and oxygen atoms in total. The van der Waals surface area contributed by atoms with Gasteiger partial charge in [0.2, 0.25) is 0 Å². The van der Waals surface area contributed by atoms with Gasteiger partial charge in [0.1, 0.15) is 0 Å². The molecule has 2 fully saturated rings. The lowest BCUT2D eigenvalue weighted by Gasteiger charge is -2.54. The van der Waals surface area contributed by atoms with Gasteiger partial charge in [-0.1, -0.05) is 6.42 Å². The Morgan fingerprint density at radius 2 is 2.15 bits per heavy atom. The van der Waals surface area contributed by atoms with Gasteiger partial charge in [-0.15, -0.1) is 0 Å². The number of carbonyl (C=O) groups is 1. The predicted molar refractivity (Wildman–Crippen MR) is 50.8 cm³/mol. The molecule has 0 radical (unpaired) electrons. The number of hydrogen-bond acceptors (Lipinski definition) is 2. The van der Waals surface area contributed by atoms with E-state index in [9.17, 15) is 4.79 Å². The van der Waals surface area contributed by atoms with E-state index in [4.69, 9.17) is 16.3 Å². The van der Waals surface area contributed by atoms with Crippen molar-refractivity contribution in [1.82, 2.24) is 0 Å². The van der Waals surface area contributed by atoms with Crippen LogP contribution in [0.15, 0.2) is 0 Å². The molecule has 2 saturated carbocycles. The van der Waals surface area contributed by atoms with Crippen molar-refractivity contribution in [3.63, 3.8) is 0 Å². The predicted octanol–water partition coefficient (Wildman–Crippen LogP) is 3.33. The largest absolute Gasteiger partial charge is 0.454 e. The molecule has 74 valence electrons. The summed E-state index contributed by atoms with van der Waals surface area (Å²) in [6.07, 6.45) is 7.99. The molecule has 0 unspecified atom stereocenters. The maximum absolute atomic E-state index is 10.3. The smallest absolute Gasteiger partial charge is 0.403 e. The summed E-state index contributed by atoms with van der Waals surface area (Å²) in [7, 11) is 0. The zero-order valence-electron chi connectivity index (χ0n) is 7.72. The van der Waals surface area contributed by atoms with Gasteiger partial charge in [-0.25, -0.2) is 4.79 Å². The second-order valence-electron chi connectivity index (χ2n) is 4.50. The summed E-state index contributed by atoms with van der Waals surface area (Å²) in [5.41, 5.74) is 0.0630. The lowest BCUT2D eigenvalue weighted by molar-refractivity contribution is -0.0330. The number of ether oxygens (including phenoxy) is 1. The second-order valence-corrected chi connectivity index (χ2v) is 4.81. The first-order valence-corrected chi connectivity index (χ1v) is 5.40. The van der Waals surface area contributed by atoms with Crippen LogP contribution in [0.3, 0.4) is 0 Å². The van der Waals surface area contributed by atoms with Crippen molar-refractivity contribution in [2.75, 3.05) is 6.61 Å². The molecule has 0 bridgehead atoms. The molecule has 0 aromatic carbocycles. The van der Waals surface area contributed by atoms with Gasteiger partial charge in [0.05, 0.1) is 6.61 Å². The Balaban J connectivity index is 1.56. The van der Waals surface area contributed by atoms with Gasteiger partial charge in [0, 0.05) is 11.6 Å². The summed E-state index contributed by atoms with van der Waals surface area (Å²) in [6, 6.07) is 0. The molecule has 0 saturated heterocycles. The maximum Gasteiger partial charge on any atom is 0.403 e. The molecule has 0 N–H and O–H groups in total. The molecule has 1 spiro atoms. The molecule has 2 aliphatic rings. The average Bonchev–Trinajstić information content (AvgIpc) is 1.89. The first-order valence-electron chi connectivity index (χ1n) is 5.02. The van der Waals surface area contributed by atoms with Crippen LogP contribution in [0, 0.1) is 11.3 Å². The highest BCUT2D eigenvalue weighted by atomic mass is 35.5. The van der Waals surface area contributed by atoms with Crippen molar-refractivity contribution in [2.24, 2.45) is 11.3 Å². The number of carbonyl (C=O) groups excluding carboxylic acids is 1. The fourth-order valence-electron chi connectivity index (χ4n) is 2.76. The Hall–Kier alpha value is -0.240. The van der Waals surface area contributed by atoms with Crippen LogP contribution in [0.5, 0.6) is 0 Å². The highest BCUT2D eigenvalue weighted by Gasteiger charge is 2.47. The first kappa shape index (κ1) is 9.32. The molecule has 13 heavy (non-hydrogen) atoms. The summed E-state index contributed by atoms with van der Waals surface area (Å²) in [4.78, 5) is 10.3. The molecule has 0 aliphatic heterocycles.